The van der Waals surface area contributed by atoms with Gasteiger partial charge in [-0.1, -0.05) is 79.8 Å². The molecular weight excluding hydrogens is 1090 g/mol. The molecule has 0 unspecified atom stereocenters. The van der Waals surface area contributed by atoms with Gasteiger partial charge in [0, 0.05) is 67.0 Å². The van der Waals surface area contributed by atoms with Crippen molar-refractivity contribution >= 4 is 121 Å². The van der Waals surface area contributed by atoms with Gasteiger partial charge in [-0.05, 0) is 222 Å². The van der Waals surface area contributed by atoms with Gasteiger partial charge in [0.15, 0.2) is 5.78 Å². The molecule has 9 heterocycles. The van der Waals surface area contributed by atoms with E-state index in [1.54, 1.807) is 29.3 Å². The lowest BCUT2D eigenvalue weighted by Gasteiger charge is -2.13. The summed E-state index contributed by atoms with van der Waals surface area (Å²) in [5.41, 5.74) is 8.72. The van der Waals surface area contributed by atoms with E-state index < -0.39 is 0 Å². The predicted octanol–water partition coefficient (Wildman–Crippen LogP) is 18.4. The molecule has 2 aliphatic carbocycles. The van der Waals surface area contributed by atoms with E-state index in [1.807, 2.05) is 68.2 Å². The highest BCUT2D eigenvalue weighted by Crippen LogP contribution is 2.39. The van der Waals surface area contributed by atoms with Crippen LogP contribution in [-0.4, -0.2) is 45.1 Å². The van der Waals surface area contributed by atoms with E-state index in [4.69, 9.17) is 11.6 Å². The molecule has 9 aromatic rings. The topological polar surface area (TPSA) is 133 Å². The molecule has 0 amide bonds. The zero-order valence-corrected chi connectivity index (χ0v) is 51.0. The Morgan fingerprint density at radius 1 is 0.639 bits per heavy atom. The number of nitrogens with zero attached hydrogens (tertiary/aromatic N) is 9. The van der Waals surface area contributed by atoms with E-state index in [0.717, 1.165) is 30.9 Å². The number of carbonyl (C=O) groups excluding carboxylic acids is 1. The van der Waals surface area contributed by atoms with Gasteiger partial charge in [-0.25, -0.2) is 4.37 Å². The largest absolute Gasteiger partial charge is 0.293 e. The van der Waals surface area contributed by atoms with Crippen molar-refractivity contribution in [3.05, 3.63) is 154 Å². The van der Waals surface area contributed by atoms with Gasteiger partial charge in [-0.3, -0.25) is 4.79 Å². The molecule has 0 atom stereocenters. The molecule has 0 aromatic carbocycles. The molecule has 0 bridgehead atoms. The van der Waals surface area contributed by atoms with Gasteiger partial charge in [-0.15, -0.1) is 0 Å². The van der Waals surface area contributed by atoms with Crippen molar-refractivity contribution in [2.24, 2.45) is 5.92 Å². The minimum Gasteiger partial charge on any atom is -0.293 e. The number of hydrogen-bond acceptors (Lipinski definition) is 19. The fraction of sp³-hybridized carbons (Fsp3) is 0.462. The summed E-state index contributed by atoms with van der Waals surface area (Å²) in [5, 5.41) is 16.5. The van der Waals surface area contributed by atoms with Crippen LogP contribution in [0.4, 0.5) is 0 Å². The van der Waals surface area contributed by atoms with Gasteiger partial charge in [0.1, 0.15) is 4.88 Å². The molecule has 11 rings (SSSR count). The summed E-state index contributed by atoms with van der Waals surface area (Å²) in [4.78, 5) is 12.1. The molecule has 2 fully saturated rings. The van der Waals surface area contributed by atoms with Crippen molar-refractivity contribution in [3.8, 4) is 0 Å². The first-order valence-corrected chi connectivity index (χ1v) is 31.9. The smallest absolute Gasteiger partial charge is 0.176 e. The Hall–Kier alpha value is -3.37. The molecule has 0 N–H and O–H groups in total. The molecule has 390 valence electrons. The number of unbranched alkanes of at least 4 members (excludes halogenated alkanes) is 1. The fourth-order valence-corrected chi connectivity index (χ4v) is 10.7. The van der Waals surface area contributed by atoms with Gasteiger partial charge in [0.25, 0.3) is 0 Å². The molecule has 10 nitrogen and oxygen atoms in total. The first kappa shape index (κ1) is 62.9. The number of ketones is 1. The summed E-state index contributed by atoms with van der Waals surface area (Å²) in [7, 11) is 0. The average molecular weight is 1160 g/mol. The Morgan fingerprint density at radius 3 is 1.56 bits per heavy atom. The van der Waals surface area contributed by atoms with E-state index in [0.29, 0.717) is 28.2 Å². The second-order valence-electron chi connectivity index (χ2n) is 17.5. The molecule has 9 aromatic heterocycles. The van der Waals surface area contributed by atoms with E-state index in [2.05, 4.69) is 125 Å². The standard InChI is InChI=1S/C8H8ClNOS.2C7H11NS.C6H7NS.2C6H9NS.C5H7NS.C4H5NS.C3H3NS/c9-6-4-10-12-8(6)7(11)3-5-1-2-5;1-7(2,3)6-4-5-9-8-6;1-2-3-4-7-5-6-9-8-7;1-2-5(1)6-3-4-8-7-6;1-5(2)6-3-4-8-7-6;1-2-3-6-4-5-8-7-6;1-2-5-3-4-7-6-5;1-4-2-3-6-5-4;1-2-4-5-3-1/h4-5H,1-3H2;4-5H,1-3H3;5-6H,2-4H2,1H3;3-5H,1-2H2;3-5H,1-2H3;4-5H,2-3H2,1H3;3-4H,2H2,1H3;2-3H,1H3;1-3H. The van der Waals surface area contributed by atoms with Crippen molar-refractivity contribution in [1.82, 2.24) is 39.4 Å². The summed E-state index contributed by atoms with van der Waals surface area (Å²) >= 11 is 19.1. The third kappa shape index (κ3) is 30.1. The summed E-state index contributed by atoms with van der Waals surface area (Å²) in [6, 6.07) is 16.4. The van der Waals surface area contributed by atoms with Gasteiger partial charge in [-0.2, -0.15) is 35.0 Å². The van der Waals surface area contributed by atoms with Crippen molar-refractivity contribution in [2.45, 2.75) is 150 Å². The predicted molar refractivity (Wildman–Crippen MR) is 317 cm³/mol. The third-order valence-electron chi connectivity index (χ3n) is 9.70. The van der Waals surface area contributed by atoms with Crippen LogP contribution in [0.3, 0.4) is 0 Å². The van der Waals surface area contributed by atoms with Crippen molar-refractivity contribution < 1.29 is 4.79 Å². The van der Waals surface area contributed by atoms with Crippen LogP contribution >= 0.6 is 115 Å². The van der Waals surface area contributed by atoms with Crippen LogP contribution in [0.15, 0.2) is 104 Å². The van der Waals surface area contributed by atoms with Crippen molar-refractivity contribution in [1.29, 1.82) is 0 Å². The van der Waals surface area contributed by atoms with Gasteiger partial charge in [0.2, 0.25) is 0 Å². The summed E-state index contributed by atoms with van der Waals surface area (Å²) in [6.07, 6.45) is 16.1. The third-order valence-corrected chi connectivity index (χ3v) is 15.6. The van der Waals surface area contributed by atoms with Gasteiger partial charge in [0.05, 0.1) is 51.1 Å². The van der Waals surface area contributed by atoms with Crippen LogP contribution in [-0.2, 0) is 24.7 Å². The lowest BCUT2D eigenvalue weighted by Crippen LogP contribution is -2.10. The molecular formula is C52H70ClN9OS9. The number of Topliss-reactive ketones (excluding diaryl/α,β-unsaturated/α-hetero) is 1. The second-order valence-corrected chi connectivity index (χ2v) is 24.1. The maximum atomic E-state index is 11.5. The summed E-state index contributed by atoms with van der Waals surface area (Å²) < 4.78 is 36.6. The van der Waals surface area contributed by atoms with Crippen LogP contribution in [0.25, 0.3) is 0 Å². The maximum absolute atomic E-state index is 11.5. The zero-order chi connectivity index (χ0) is 52.2. The normalized spacial score (nSPS) is 12.0. The Bertz CT molecular complexity index is 2450. The fourth-order valence-electron chi connectivity index (χ4n) is 5.23. The van der Waals surface area contributed by atoms with Crippen LogP contribution in [0, 0.1) is 12.8 Å². The first-order chi connectivity index (χ1) is 34.8. The van der Waals surface area contributed by atoms with Crippen molar-refractivity contribution in [3.63, 3.8) is 0 Å². The molecule has 20 heteroatoms. The van der Waals surface area contributed by atoms with E-state index >= 15 is 0 Å². The Labute approximate surface area is 471 Å². The Balaban J connectivity index is 0.000000216. The summed E-state index contributed by atoms with van der Waals surface area (Å²) in [6.45, 7) is 19.3. The van der Waals surface area contributed by atoms with Crippen LogP contribution < -0.4 is 0 Å². The Kier molecular flexibility index (Phi) is 33.4. The molecule has 72 heavy (non-hydrogen) atoms. The van der Waals surface area contributed by atoms with Crippen LogP contribution in [0.2, 0.25) is 5.02 Å². The molecule has 0 radical (unpaired) electrons. The van der Waals surface area contributed by atoms with Gasteiger partial charge < -0.3 is 0 Å². The van der Waals surface area contributed by atoms with Gasteiger partial charge >= 0.3 is 0 Å². The SMILES string of the molecule is CC(C)(C)c1ccsn1.CC(C)c1ccsn1.CCCCc1ccsn1.CCCc1ccsn1.CCc1ccsn1.Cc1ccsn1.O=C(CC1CC1)c1sncc1Cl.c1cc(C2CC2)ns1.c1cnsc1. The first-order valence-electron chi connectivity index (χ1n) is 24.1. The second kappa shape index (κ2) is 38.2. The number of carbonyl (C=O) groups is 1. The maximum Gasteiger partial charge on any atom is 0.176 e. The lowest BCUT2D eigenvalue weighted by molar-refractivity contribution is 0.0980. The minimum absolute atomic E-state index is 0.157. The number of aryl methyl sites for hydroxylation is 4. The highest BCUT2D eigenvalue weighted by Gasteiger charge is 2.26. The molecule has 2 saturated carbocycles. The van der Waals surface area contributed by atoms with Crippen molar-refractivity contribution in [2.75, 3.05) is 0 Å². The number of aromatic nitrogens is 9. The lowest BCUT2D eigenvalue weighted by atomic mass is 9.93. The minimum atomic E-state index is 0.157. The highest BCUT2D eigenvalue weighted by molar-refractivity contribution is 7.09. The molecule has 2 aliphatic rings. The zero-order valence-electron chi connectivity index (χ0n) is 42.9. The monoisotopic (exact) mass is 1160 g/mol. The highest BCUT2D eigenvalue weighted by atomic mass is 35.5. The van der Waals surface area contributed by atoms with Crippen LogP contribution in [0.1, 0.15) is 168 Å². The number of hydrogen-bond donors (Lipinski definition) is 0. The van der Waals surface area contributed by atoms with E-state index in [9.17, 15) is 4.79 Å². The quantitative estimate of drug-likeness (QED) is 0.115. The number of halogens is 1. The average Bonchev–Trinajstić information content (AvgIpc) is 4.16. The number of rotatable bonds is 11. The van der Waals surface area contributed by atoms with E-state index in [1.165, 1.54) is 166 Å². The van der Waals surface area contributed by atoms with E-state index in [-0.39, 0.29) is 11.2 Å². The summed E-state index contributed by atoms with van der Waals surface area (Å²) in [5.74, 6) is 2.20. The molecule has 0 spiro atoms. The molecule has 0 saturated heterocycles. The Morgan fingerprint density at radius 2 is 1.22 bits per heavy atom. The molecule has 0 aliphatic heterocycles. The van der Waals surface area contributed by atoms with Crippen LogP contribution in [0.5, 0.6) is 0 Å².